The van der Waals surface area contributed by atoms with Crippen LogP contribution in [0, 0.1) is 0 Å². The van der Waals surface area contributed by atoms with Crippen LogP contribution in [0.5, 0.6) is 0 Å². The Morgan fingerprint density at radius 3 is 2.74 bits per heavy atom. The molecule has 19 heavy (non-hydrogen) atoms. The highest BCUT2D eigenvalue weighted by atomic mass is 35.5. The third-order valence-corrected chi connectivity index (χ3v) is 4.27. The summed E-state index contributed by atoms with van der Waals surface area (Å²) in [4.78, 5) is 15.1. The normalized spacial score (nSPS) is 15.2. The third-order valence-electron chi connectivity index (χ3n) is 2.60. The van der Waals surface area contributed by atoms with E-state index < -0.39 is 10.0 Å². The SMILES string of the molecule is O=C(CCNS(=O)(=O)c1ccc(Cl)nc1)NC1CC1. The topological polar surface area (TPSA) is 88.2 Å². The minimum Gasteiger partial charge on any atom is -0.353 e. The van der Waals surface area contributed by atoms with Crippen molar-refractivity contribution in [2.75, 3.05) is 6.54 Å². The molecule has 2 N–H and O–H groups in total. The standard InChI is InChI=1S/C11H14ClN3O3S/c12-10-4-3-9(7-13-10)19(17,18)14-6-5-11(16)15-8-1-2-8/h3-4,7-8,14H,1-2,5-6H2,(H,15,16). The first kappa shape index (κ1) is 14.2. The minimum atomic E-state index is -3.64. The summed E-state index contributed by atoms with van der Waals surface area (Å²) in [6, 6.07) is 3.04. The molecule has 1 amide bonds. The molecular formula is C11H14ClN3O3S. The largest absolute Gasteiger partial charge is 0.353 e. The number of pyridine rings is 1. The molecule has 6 nitrogen and oxygen atoms in total. The summed E-state index contributed by atoms with van der Waals surface area (Å²) < 4.78 is 26.0. The number of aromatic nitrogens is 1. The summed E-state index contributed by atoms with van der Waals surface area (Å²) in [5, 5.41) is 3.01. The first-order chi connectivity index (χ1) is 8.97. The van der Waals surface area contributed by atoms with E-state index in [9.17, 15) is 13.2 Å². The van der Waals surface area contributed by atoms with E-state index in [1.807, 2.05) is 0 Å². The molecule has 1 aliphatic rings. The number of nitrogens with zero attached hydrogens (tertiary/aromatic N) is 1. The fraction of sp³-hybridized carbons (Fsp3) is 0.455. The Kier molecular flexibility index (Phi) is 4.38. The molecule has 0 aromatic carbocycles. The first-order valence-electron chi connectivity index (χ1n) is 5.88. The zero-order valence-corrected chi connectivity index (χ0v) is 11.7. The molecule has 0 aliphatic heterocycles. The average molecular weight is 304 g/mol. The van der Waals surface area contributed by atoms with Gasteiger partial charge in [-0.1, -0.05) is 11.6 Å². The lowest BCUT2D eigenvalue weighted by Gasteiger charge is -2.06. The molecule has 104 valence electrons. The van der Waals surface area contributed by atoms with Gasteiger partial charge in [0.1, 0.15) is 10.0 Å². The smallest absolute Gasteiger partial charge is 0.242 e. The number of carbonyl (C=O) groups excluding carboxylic acids is 1. The number of halogens is 1. The number of hydrogen-bond acceptors (Lipinski definition) is 4. The van der Waals surface area contributed by atoms with Crippen molar-refractivity contribution in [3.05, 3.63) is 23.5 Å². The van der Waals surface area contributed by atoms with E-state index in [1.54, 1.807) is 0 Å². The lowest BCUT2D eigenvalue weighted by molar-refractivity contribution is -0.121. The van der Waals surface area contributed by atoms with E-state index in [2.05, 4.69) is 15.0 Å². The van der Waals surface area contributed by atoms with Crippen LogP contribution in [0.15, 0.2) is 23.2 Å². The van der Waals surface area contributed by atoms with Gasteiger partial charge in [-0.15, -0.1) is 0 Å². The molecule has 1 aromatic rings. The number of sulfonamides is 1. The molecule has 1 heterocycles. The highest BCUT2D eigenvalue weighted by Crippen LogP contribution is 2.18. The molecule has 0 saturated heterocycles. The molecule has 2 rings (SSSR count). The van der Waals surface area contributed by atoms with Crippen molar-refractivity contribution in [3.8, 4) is 0 Å². The van der Waals surface area contributed by atoms with Gasteiger partial charge in [0.15, 0.2) is 0 Å². The second-order valence-corrected chi connectivity index (χ2v) is 6.46. The lowest BCUT2D eigenvalue weighted by Crippen LogP contribution is -2.31. The van der Waals surface area contributed by atoms with Crippen molar-refractivity contribution in [3.63, 3.8) is 0 Å². The molecule has 1 aliphatic carbocycles. The molecule has 8 heteroatoms. The van der Waals surface area contributed by atoms with E-state index in [0.717, 1.165) is 12.8 Å². The van der Waals surface area contributed by atoms with Crippen LogP contribution in [0.2, 0.25) is 5.15 Å². The number of rotatable bonds is 6. The van der Waals surface area contributed by atoms with Crippen molar-refractivity contribution >= 4 is 27.5 Å². The maximum absolute atomic E-state index is 11.8. The van der Waals surface area contributed by atoms with Gasteiger partial charge in [-0.3, -0.25) is 4.79 Å². The van der Waals surface area contributed by atoms with Crippen LogP contribution in [0.4, 0.5) is 0 Å². The summed E-state index contributed by atoms with van der Waals surface area (Å²) in [5.74, 6) is -0.139. The molecule has 0 bridgehead atoms. The zero-order valence-electron chi connectivity index (χ0n) is 10.1. The summed E-state index contributed by atoms with van der Waals surface area (Å²) in [6.07, 6.45) is 3.31. The van der Waals surface area contributed by atoms with Crippen LogP contribution in [-0.4, -0.2) is 31.9 Å². The van der Waals surface area contributed by atoms with Gasteiger partial charge in [0.25, 0.3) is 0 Å². The average Bonchev–Trinajstić information content (AvgIpc) is 3.13. The van der Waals surface area contributed by atoms with E-state index in [-0.39, 0.29) is 35.0 Å². The summed E-state index contributed by atoms with van der Waals surface area (Å²) in [6.45, 7) is 0.0590. The fourth-order valence-corrected chi connectivity index (χ4v) is 2.52. The van der Waals surface area contributed by atoms with Crippen molar-refractivity contribution < 1.29 is 13.2 Å². The quantitative estimate of drug-likeness (QED) is 0.757. The zero-order chi connectivity index (χ0) is 13.9. The molecule has 0 radical (unpaired) electrons. The number of amides is 1. The molecule has 1 fully saturated rings. The number of hydrogen-bond donors (Lipinski definition) is 2. The Morgan fingerprint density at radius 2 is 2.16 bits per heavy atom. The lowest BCUT2D eigenvalue weighted by atomic mass is 10.4. The predicted molar refractivity (Wildman–Crippen MR) is 70.2 cm³/mol. The molecule has 0 unspecified atom stereocenters. The van der Waals surface area contributed by atoms with Gasteiger partial charge < -0.3 is 5.32 Å². The van der Waals surface area contributed by atoms with Crippen LogP contribution in [0.1, 0.15) is 19.3 Å². The van der Waals surface area contributed by atoms with Crippen LogP contribution >= 0.6 is 11.6 Å². The van der Waals surface area contributed by atoms with E-state index in [0.29, 0.717) is 0 Å². The maximum Gasteiger partial charge on any atom is 0.242 e. The summed E-state index contributed by atoms with van der Waals surface area (Å²) >= 11 is 5.58. The van der Waals surface area contributed by atoms with Crippen molar-refractivity contribution in [2.24, 2.45) is 0 Å². The van der Waals surface area contributed by atoms with Crippen LogP contribution in [-0.2, 0) is 14.8 Å². The van der Waals surface area contributed by atoms with Crippen LogP contribution in [0.3, 0.4) is 0 Å². The fourth-order valence-electron chi connectivity index (χ4n) is 1.43. The monoisotopic (exact) mass is 303 g/mol. The van der Waals surface area contributed by atoms with E-state index in [1.165, 1.54) is 18.3 Å². The third kappa shape index (κ3) is 4.45. The number of carbonyl (C=O) groups is 1. The van der Waals surface area contributed by atoms with Gasteiger partial charge in [0, 0.05) is 25.2 Å². The van der Waals surface area contributed by atoms with Gasteiger partial charge in [-0.05, 0) is 25.0 Å². The molecular weight excluding hydrogens is 290 g/mol. The number of nitrogens with one attached hydrogen (secondary N) is 2. The van der Waals surface area contributed by atoms with Gasteiger partial charge in [-0.2, -0.15) is 0 Å². The van der Waals surface area contributed by atoms with Gasteiger partial charge in [0.2, 0.25) is 15.9 Å². The molecule has 1 saturated carbocycles. The van der Waals surface area contributed by atoms with Crippen molar-refractivity contribution in [1.29, 1.82) is 0 Å². The summed E-state index contributed by atoms with van der Waals surface area (Å²) in [7, 11) is -3.64. The molecule has 0 atom stereocenters. The predicted octanol–water partition coefficient (Wildman–Crippen LogP) is 0.682. The van der Waals surface area contributed by atoms with E-state index >= 15 is 0 Å². The Hall–Kier alpha value is -1.18. The van der Waals surface area contributed by atoms with Crippen LogP contribution in [0.25, 0.3) is 0 Å². The highest BCUT2D eigenvalue weighted by Gasteiger charge is 2.23. The Bertz CT molecular complexity index is 555. The second kappa shape index (κ2) is 5.85. The molecule has 1 aromatic heterocycles. The van der Waals surface area contributed by atoms with Gasteiger partial charge in [-0.25, -0.2) is 18.1 Å². The Morgan fingerprint density at radius 1 is 1.42 bits per heavy atom. The van der Waals surface area contributed by atoms with Gasteiger partial charge >= 0.3 is 0 Å². The second-order valence-electron chi connectivity index (χ2n) is 4.31. The first-order valence-corrected chi connectivity index (χ1v) is 7.74. The minimum absolute atomic E-state index is 0.0273. The highest BCUT2D eigenvalue weighted by molar-refractivity contribution is 7.89. The van der Waals surface area contributed by atoms with Crippen molar-refractivity contribution in [2.45, 2.75) is 30.2 Å². The maximum atomic E-state index is 11.8. The van der Waals surface area contributed by atoms with Crippen LogP contribution < -0.4 is 10.0 Å². The Balaban J connectivity index is 1.83. The van der Waals surface area contributed by atoms with E-state index in [4.69, 9.17) is 11.6 Å². The Labute approximate surface area is 116 Å². The van der Waals surface area contributed by atoms with Crippen molar-refractivity contribution in [1.82, 2.24) is 15.0 Å². The molecule has 0 spiro atoms. The summed E-state index contributed by atoms with van der Waals surface area (Å²) in [5.41, 5.74) is 0. The van der Waals surface area contributed by atoms with Gasteiger partial charge in [0.05, 0.1) is 0 Å².